The van der Waals surface area contributed by atoms with Crippen molar-refractivity contribution in [1.29, 1.82) is 0 Å². The van der Waals surface area contributed by atoms with E-state index >= 15 is 0 Å². The number of ether oxygens (including phenoxy) is 2. The Morgan fingerprint density at radius 1 is 1.27 bits per heavy atom. The standard InChI is InChI=1S/C22H28N2O6/c1-4-5-9-29-22(28)17-11-19(20(26)23-3)21(27)24(13-17)12-16-7-6-8-18(10-16)30-14-15(2)25/h6-8,10-11,13,15,25H,4-5,9,12,14H2,1-3H3,(H,23,26)/t15-/m0/s1. The Bertz CT molecular complexity index is 935. The van der Waals surface area contributed by atoms with Gasteiger partial charge in [-0.15, -0.1) is 0 Å². The Morgan fingerprint density at radius 2 is 2.03 bits per heavy atom. The molecule has 2 N–H and O–H groups in total. The van der Waals surface area contributed by atoms with Crippen molar-refractivity contribution in [3.8, 4) is 5.75 Å². The third kappa shape index (κ3) is 6.45. The Balaban J connectivity index is 2.35. The number of pyridine rings is 1. The highest BCUT2D eigenvalue weighted by molar-refractivity contribution is 5.97. The van der Waals surface area contributed by atoms with Crippen LogP contribution in [0.4, 0.5) is 0 Å². The Hall–Kier alpha value is -3.13. The fraction of sp³-hybridized carbons (Fsp3) is 0.409. The van der Waals surface area contributed by atoms with Gasteiger partial charge in [0.25, 0.3) is 11.5 Å². The first-order valence-electron chi connectivity index (χ1n) is 9.89. The van der Waals surface area contributed by atoms with Gasteiger partial charge >= 0.3 is 5.97 Å². The fourth-order valence-electron chi connectivity index (χ4n) is 2.70. The minimum atomic E-state index is -0.609. The molecule has 0 aliphatic carbocycles. The average Bonchev–Trinajstić information content (AvgIpc) is 2.73. The number of carbonyl (C=O) groups is 2. The maximum Gasteiger partial charge on any atom is 0.339 e. The molecular formula is C22H28N2O6. The molecule has 0 saturated carbocycles. The normalized spacial score (nSPS) is 11.6. The van der Waals surface area contributed by atoms with Crippen molar-refractivity contribution in [3.05, 3.63) is 63.6 Å². The van der Waals surface area contributed by atoms with Gasteiger partial charge in [0.2, 0.25) is 0 Å². The van der Waals surface area contributed by atoms with Crippen molar-refractivity contribution >= 4 is 11.9 Å². The van der Waals surface area contributed by atoms with Crippen LogP contribution in [0.3, 0.4) is 0 Å². The van der Waals surface area contributed by atoms with Gasteiger partial charge in [0, 0.05) is 13.2 Å². The molecule has 0 aliphatic rings. The van der Waals surface area contributed by atoms with Crippen molar-refractivity contribution in [2.75, 3.05) is 20.3 Å². The lowest BCUT2D eigenvalue weighted by Gasteiger charge is -2.13. The summed E-state index contributed by atoms with van der Waals surface area (Å²) in [5.41, 5.74) is 0.212. The van der Waals surface area contributed by atoms with E-state index in [1.807, 2.05) is 6.92 Å². The highest BCUT2D eigenvalue weighted by atomic mass is 16.5. The maximum absolute atomic E-state index is 12.8. The van der Waals surface area contributed by atoms with Crippen molar-refractivity contribution in [1.82, 2.24) is 9.88 Å². The molecule has 0 radical (unpaired) electrons. The predicted molar refractivity (Wildman–Crippen MR) is 112 cm³/mol. The van der Waals surface area contributed by atoms with Gasteiger partial charge in [-0.25, -0.2) is 4.79 Å². The molecule has 1 atom stereocenters. The number of nitrogens with one attached hydrogen (secondary N) is 1. The van der Waals surface area contributed by atoms with Crippen molar-refractivity contribution < 1.29 is 24.2 Å². The molecular weight excluding hydrogens is 388 g/mol. The number of carbonyl (C=O) groups excluding carboxylic acids is 2. The number of hydrogen-bond donors (Lipinski definition) is 2. The Labute approximate surface area is 175 Å². The van der Waals surface area contributed by atoms with E-state index in [-0.39, 0.29) is 30.9 Å². The summed E-state index contributed by atoms with van der Waals surface area (Å²) in [6, 6.07) is 8.30. The second kappa shape index (κ2) is 11.2. The van der Waals surface area contributed by atoms with Crippen LogP contribution < -0.4 is 15.6 Å². The first-order valence-corrected chi connectivity index (χ1v) is 9.89. The summed E-state index contributed by atoms with van der Waals surface area (Å²) >= 11 is 0. The van der Waals surface area contributed by atoms with Gasteiger partial charge in [0.1, 0.15) is 17.9 Å². The number of aromatic nitrogens is 1. The summed E-state index contributed by atoms with van der Waals surface area (Å²) < 4.78 is 12.0. The highest BCUT2D eigenvalue weighted by Gasteiger charge is 2.18. The lowest BCUT2D eigenvalue weighted by Crippen LogP contribution is -2.32. The van der Waals surface area contributed by atoms with Crippen LogP contribution in [0.25, 0.3) is 0 Å². The number of amides is 1. The maximum atomic E-state index is 12.8. The van der Waals surface area contributed by atoms with E-state index in [9.17, 15) is 19.5 Å². The minimum absolute atomic E-state index is 0.130. The second-order valence-electron chi connectivity index (χ2n) is 6.95. The van der Waals surface area contributed by atoms with Gasteiger partial charge in [-0.05, 0) is 37.1 Å². The molecule has 2 aromatic rings. The van der Waals surface area contributed by atoms with Crippen LogP contribution in [-0.4, -0.2) is 47.9 Å². The smallest absolute Gasteiger partial charge is 0.339 e. The SMILES string of the molecule is CCCCOC(=O)c1cc(C(=O)NC)c(=O)n(Cc2cccc(OC[C@H](C)O)c2)c1. The molecule has 0 unspecified atom stereocenters. The minimum Gasteiger partial charge on any atom is -0.491 e. The first-order chi connectivity index (χ1) is 14.3. The van der Waals surface area contributed by atoms with E-state index in [0.29, 0.717) is 5.75 Å². The molecule has 2 rings (SSSR count). The van der Waals surface area contributed by atoms with Crippen molar-refractivity contribution in [3.63, 3.8) is 0 Å². The lowest BCUT2D eigenvalue weighted by atomic mass is 10.1. The molecule has 8 heteroatoms. The molecule has 0 bridgehead atoms. The van der Waals surface area contributed by atoms with Crippen LogP contribution >= 0.6 is 0 Å². The van der Waals surface area contributed by atoms with Crippen LogP contribution in [0, 0.1) is 0 Å². The zero-order chi connectivity index (χ0) is 22.1. The quantitative estimate of drug-likeness (QED) is 0.453. The lowest BCUT2D eigenvalue weighted by molar-refractivity contribution is 0.0498. The van der Waals surface area contributed by atoms with E-state index in [1.54, 1.807) is 31.2 Å². The van der Waals surface area contributed by atoms with Gasteiger partial charge in [0.15, 0.2) is 0 Å². The number of nitrogens with zero attached hydrogens (tertiary/aromatic N) is 1. The first kappa shape index (κ1) is 23.2. The van der Waals surface area contributed by atoms with Gasteiger partial charge in [-0.2, -0.15) is 0 Å². The summed E-state index contributed by atoms with van der Waals surface area (Å²) in [6.07, 6.45) is 2.39. The van der Waals surface area contributed by atoms with Gasteiger partial charge in [0.05, 0.1) is 24.8 Å². The third-order valence-corrected chi connectivity index (χ3v) is 4.27. The van der Waals surface area contributed by atoms with Crippen LogP contribution in [0.5, 0.6) is 5.75 Å². The van der Waals surface area contributed by atoms with Crippen LogP contribution in [-0.2, 0) is 11.3 Å². The van der Waals surface area contributed by atoms with Gasteiger partial charge < -0.3 is 24.5 Å². The second-order valence-corrected chi connectivity index (χ2v) is 6.95. The average molecular weight is 416 g/mol. The largest absolute Gasteiger partial charge is 0.491 e. The van der Waals surface area contributed by atoms with Gasteiger partial charge in [-0.1, -0.05) is 25.5 Å². The molecule has 8 nitrogen and oxygen atoms in total. The number of rotatable bonds is 10. The zero-order valence-corrected chi connectivity index (χ0v) is 17.5. The van der Waals surface area contributed by atoms with Crippen molar-refractivity contribution in [2.45, 2.75) is 39.3 Å². The predicted octanol–water partition coefficient (Wildman–Crippen LogP) is 1.97. The fourth-order valence-corrected chi connectivity index (χ4v) is 2.70. The number of hydrogen-bond acceptors (Lipinski definition) is 6. The summed E-state index contributed by atoms with van der Waals surface area (Å²) in [7, 11) is 1.42. The van der Waals surface area contributed by atoms with Gasteiger partial charge in [-0.3, -0.25) is 9.59 Å². The molecule has 1 aromatic carbocycles. The Kier molecular flexibility index (Phi) is 8.61. The summed E-state index contributed by atoms with van der Waals surface area (Å²) in [6.45, 7) is 4.14. The van der Waals surface area contributed by atoms with Crippen molar-refractivity contribution in [2.24, 2.45) is 0 Å². The molecule has 1 heterocycles. The molecule has 1 aromatic heterocycles. The molecule has 0 fully saturated rings. The topological polar surface area (TPSA) is 107 Å². The number of aliphatic hydroxyl groups excluding tert-OH is 1. The highest BCUT2D eigenvalue weighted by Crippen LogP contribution is 2.15. The molecule has 162 valence electrons. The number of esters is 1. The molecule has 30 heavy (non-hydrogen) atoms. The molecule has 1 amide bonds. The number of benzene rings is 1. The van der Waals surface area contributed by atoms with E-state index in [0.717, 1.165) is 18.4 Å². The summed E-state index contributed by atoms with van der Waals surface area (Å²) in [5, 5.41) is 11.8. The molecule has 0 aliphatic heterocycles. The summed E-state index contributed by atoms with van der Waals surface area (Å²) in [4.78, 5) is 37.3. The van der Waals surface area contributed by atoms with Crippen LogP contribution in [0.15, 0.2) is 41.3 Å². The molecule has 0 spiro atoms. The van der Waals surface area contributed by atoms with E-state index < -0.39 is 23.5 Å². The van der Waals surface area contributed by atoms with Crippen LogP contribution in [0.1, 0.15) is 53.0 Å². The van der Waals surface area contributed by atoms with E-state index in [1.165, 1.54) is 23.9 Å². The monoisotopic (exact) mass is 416 g/mol. The number of unbranched alkanes of at least 4 members (excludes halogenated alkanes) is 1. The summed E-state index contributed by atoms with van der Waals surface area (Å²) in [5.74, 6) is -0.620. The molecule has 0 saturated heterocycles. The third-order valence-electron chi connectivity index (χ3n) is 4.27. The number of aliphatic hydroxyl groups is 1. The Morgan fingerprint density at radius 3 is 2.70 bits per heavy atom. The van der Waals surface area contributed by atoms with E-state index in [4.69, 9.17) is 9.47 Å². The van der Waals surface area contributed by atoms with E-state index in [2.05, 4.69) is 5.32 Å². The van der Waals surface area contributed by atoms with Crippen LogP contribution in [0.2, 0.25) is 0 Å². The zero-order valence-electron chi connectivity index (χ0n) is 17.5.